The first-order chi connectivity index (χ1) is 13.3. The molecule has 0 spiro atoms. The van der Waals surface area contributed by atoms with Gasteiger partial charge >= 0.3 is 0 Å². The lowest BCUT2D eigenvalue weighted by Gasteiger charge is -2.09. The first-order valence-electron chi connectivity index (χ1n) is 8.09. The fourth-order valence-electron chi connectivity index (χ4n) is 2.73. The van der Waals surface area contributed by atoms with Gasteiger partial charge in [-0.05, 0) is 48.5 Å². The van der Waals surface area contributed by atoms with Crippen molar-refractivity contribution >= 4 is 49.9 Å². The number of aromatic hydroxyl groups is 1. The summed E-state index contributed by atoms with van der Waals surface area (Å²) in [6.45, 7) is 0. The quantitative estimate of drug-likeness (QED) is 0.419. The number of fused-ring (bicyclic) bond motifs is 1. The number of anilines is 1. The van der Waals surface area contributed by atoms with Gasteiger partial charge in [0.15, 0.2) is 0 Å². The molecule has 28 heavy (non-hydrogen) atoms. The zero-order chi connectivity index (χ0) is 19.9. The summed E-state index contributed by atoms with van der Waals surface area (Å²) in [6.07, 6.45) is 0. The van der Waals surface area contributed by atoms with E-state index in [0.29, 0.717) is 38.2 Å². The number of phenolic OH excluding ortho intramolecular Hbond substituents is 1. The molecule has 0 aliphatic rings. The molecule has 0 fully saturated rings. The number of nitrogens with one attached hydrogen (secondary N) is 2. The molecule has 0 saturated heterocycles. The summed E-state index contributed by atoms with van der Waals surface area (Å²) < 4.78 is 27.9. The maximum absolute atomic E-state index is 12.7. The molecule has 0 amide bonds. The Morgan fingerprint density at radius 1 is 1.00 bits per heavy atom. The van der Waals surface area contributed by atoms with Crippen molar-refractivity contribution in [2.24, 2.45) is 0 Å². The van der Waals surface area contributed by atoms with Gasteiger partial charge in [0.2, 0.25) is 0 Å². The Labute approximate surface area is 170 Å². The minimum absolute atomic E-state index is 0.0108. The first kappa shape index (κ1) is 18.6. The van der Waals surface area contributed by atoms with Crippen LogP contribution < -0.4 is 4.72 Å². The second-order valence-corrected chi connectivity index (χ2v) is 8.54. The van der Waals surface area contributed by atoms with Crippen LogP contribution in [0.2, 0.25) is 10.0 Å². The van der Waals surface area contributed by atoms with Crippen LogP contribution in [0.1, 0.15) is 0 Å². The predicted octanol–water partition coefficient (Wildman–Crippen LogP) is 5.04. The molecular formula is C19H13Cl2N3O3S. The van der Waals surface area contributed by atoms with Crippen LogP contribution >= 0.6 is 23.2 Å². The van der Waals surface area contributed by atoms with E-state index in [1.807, 2.05) is 0 Å². The maximum atomic E-state index is 12.7. The van der Waals surface area contributed by atoms with Crippen molar-refractivity contribution in [3.05, 3.63) is 70.7 Å². The van der Waals surface area contributed by atoms with Crippen LogP contribution in [0.5, 0.6) is 5.75 Å². The second-order valence-electron chi connectivity index (χ2n) is 6.01. The van der Waals surface area contributed by atoms with E-state index in [0.717, 1.165) is 0 Å². The summed E-state index contributed by atoms with van der Waals surface area (Å²) >= 11 is 12.0. The fraction of sp³-hybridized carbons (Fsp3) is 0. The summed E-state index contributed by atoms with van der Waals surface area (Å²) in [5.41, 5.74) is 1.75. The number of nitrogens with zero attached hydrogens (tertiary/aromatic N) is 1. The second kappa shape index (κ2) is 7.01. The standard InChI is InChI=1S/C19H13Cl2N3O3S/c20-11-5-8-18(25)13(9-11)19-22-16-7-6-12(10-17(16)23-19)28(26,27)24-15-4-2-1-3-14(15)21/h1-10,24-25H,(H,22,23). The van der Waals surface area contributed by atoms with E-state index in [9.17, 15) is 13.5 Å². The van der Waals surface area contributed by atoms with E-state index in [1.165, 1.54) is 18.2 Å². The number of hydrogen-bond acceptors (Lipinski definition) is 4. The largest absolute Gasteiger partial charge is 0.507 e. The highest BCUT2D eigenvalue weighted by Crippen LogP contribution is 2.32. The number of aromatic nitrogens is 2. The van der Waals surface area contributed by atoms with Gasteiger partial charge in [0.05, 0.1) is 32.2 Å². The molecular weight excluding hydrogens is 421 g/mol. The minimum Gasteiger partial charge on any atom is -0.507 e. The Hall–Kier alpha value is -2.74. The summed E-state index contributed by atoms with van der Waals surface area (Å²) in [4.78, 5) is 7.46. The van der Waals surface area contributed by atoms with Gasteiger partial charge in [0, 0.05) is 5.02 Å². The third-order valence-electron chi connectivity index (χ3n) is 4.10. The highest BCUT2D eigenvalue weighted by atomic mass is 35.5. The highest BCUT2D eigenvalue weighted by molar-refractivity contribution is 7.92. The normalized spacial score (nSPS) is 11.6. The van der Waals surface area contributed by atoms with Crippen LogP contribution in [0, 0.1) is 0 Å². The number of rotatable bonds is 4. The lowest BCUT2D eigenvalue weighted by molar-refractivity contribution is 0.477. The smallest absolute Gasteiger partial charge is 0.262 e. The van der Waals surface area contributed by atoms with E-state index < -0.39 is 10.0 Å². The van der Waals surface area contributed by atoms with Crippen molar-refractivity contribution in [1.29, 1.82) is 0 Å². The van der Waals surface area contributed by atoms with E-state index in [1.54, 1.807) is 42.5 Å². The third kappa shape index (κ3) is 3.52. The molecule has 0 atom stereocenters. The lowest BCUT2D eigenvalue weighted by Crippen LogP contribution is -2.13. The molecule has 0 saturated carbocycles. The summed E-state index contributed by atoms with van der Waals surface area (Å²) in [5, 5.41) is 10.8. The number of sulfonamides is 1. The molecule has 0 radical (unpaired) electrons. The number of H-pyrrole nitrogens is 1. The Balaban J connectivity index is 1.74. The number of benzene rings is 3. The Bertz CT molecular complexity index is 1300. The van der Waals surface area contributed by atoms with Gasteiger partial charge in [0.25, 0.3) is 10.0 Å². The molecule has 3 aromatic carbocycles. The monoisotopic (exact) mass is 433 g/mol. The van der Waals surface area contributed by atoms with Crippen molar-refractivity contribution < 1.29 is 13.5 Å². The zero-order valence-electron chi connectivity index (χ0n) is 14.1. The van der Waals surface area contributed by atoms with Crippen LogP contribution in [-0.4, -0.2) is 23.5 Å². The molecule has 9 heteroatoms. The van der Waals surface area contributed by atoms with Gasteiger partial charge in [-0.3, -0.25) is 4.72 Å². The van der Waals surface area contributed by atoms with Gasteiger partial charge in [-0.1, -0.05) is 35.3 Å². The molecule has 4 rings (SSSR count). The first-order valence-corrected chi connectivity index (χ1v) is 10.3. The predicted molar refractivity (Wildman–Crippen MR) is 110 cm³/mol. The van der Waals surface area contributed by atoms with Crippen molar-refractivity contribution in [2.45, 2.75) is 4.90 Å². The molecule has 6 nitrogen and oxygen atoms in total. The van der Waals surface area contributed by atoms with Crippen molar-refractivity contribution in [1.82, 2.24) is 9.97 Å². The van der Waals surface area contributed by atoms with Crippen molar-refractivity contribution in [3.63, 3.8) is 0 Å². The molecule has 0 unspecified atom stereocenters. The highest BCUT2D eigenvalue weighted by Gasteiger charge is 2.18. The van der Waals surface area contributed by atoms with Crippen LogP contribution in [-0.2, 0) is 10.0 Å². The van der Waals surface area contributed by atoms with Gasteiger partial charge in [-0.15, -0.1) is 0 Å². The molecule has 0 aliphatic heterocycles. The molecule has 1 heterocycles. The fourth-order valence-corrected chi connectivity index (χ4v) is 4.25. The van der Waals surface area contributed by atoms with E-state index >= 15 is 0 Å². The summed E-state index contributed by atoms with van der Waals surface area (Å²) in [5.74, 6) is 0.389. The van der Waals surface area contributed by atoms with Crippen LogP contribution in [0.25, 0.3) is 22.4 Å². The summed E-state index contributed by atoms with van der Waals surface area (Å²) in [7, 11) is -3.85. The van der Waals surface area contributed by atoms with Crippen molar-refractivity contribution in [2.75, 3.05) is 4.72 Å². The average molecular weight is 434 g/mol. The van der Waals surface area contributed by atoms with E-state index in [-0.39, 0.29) is 10.6 Å². The third-order valence-corrected chi connectivity index (χ3v) is 6.02. The molecule has 0 bridgehead atoms. The molecule has 142 valence electrons. The topological polar surface area (TPSA) is 95.1 Å². The number of aromatic amines is 1. The summed E-state index contributed by atoms with van der Waals surface area (Å²) in [6, 6.07) is 15.7. The SMILES string of the molecule is O=S(=O)(Nc1ccccc1Cl)c1ccc2nc(-c3cc(Cl)ccc3O)[nH]c2c1. The van der Waals surface area contributed by atoms with Crippen LogP contribution in [0.3, 0.4) is 0 Å². The average Bonchev–Trinajstić information content (AvgIpc) is 3.08. The van der Waals surface area contributed by atoms with Crippen molar-refractivity contribution in [3.8, 4) is 17.1 Å². The molecule has 1 aromatic heterocycles. The van der Waals surface area contributed by atoms with Crippen LogP contribution in [0.15, 0.2) is 65.6 Å². The van der Waals surface area contributed by atoms with Gasteiger partial charge in [0.1, 0.15) is 11.6 Å². The maximum Gasteiger partial charge on any atom is 0.262 e. The van der Waals surface area contributed by atoms with E-state index in [4.69, 9.17) is 23.2 Å². The van der Waals surface area contributed by atoms with Gasteiger partial charge in [-0.25, -0.2) is 13.4 Å². The molecule has 0 aliphatic carbocycles. The van der Waals surface area contributed by atoms with Crippen LogP contribution in [0.4, 0.5) is 5.69 Å². The van der Waals surface area contributed by atoms with Gasteiger partial charge < -0.3 is 10.1 Å². The molecule has 3 N–H and O–H groups in total. The Morgan fingerprint density at radius 3 is 2.57 bits per heavy atom. The number of para-hydroxylation sites is 1. The Morgan fingerprint density at radius 2 is 1.79 bits per heavy atom. The number of phenols is 1. The molecule has 4 aromatic rings. The zero-order valence-corrected chi connectivity index (χ0v) is 16.5. The Kier molecular flexibility index (Phi) is 4.66. The number of halogens is 2. The lowest BCUT2D eigenvalue weighted by atomic mass is 10.2. The number of hydrogen-bond donors (Lipinski definition) is 3. The number of imidazole rings is 1. The minimum atomic E-state index is -3.85. The van der Waals surface area contributed by atoms with Gasteiger partial charge in [-0.2, -0.15) is 0 Å². The van der Waals surface area contributed by atoms with E-state index in [2.05, 4.69) is 14.7 Å².